The second-order valence-corrected chi connectivity index (χ2v) is 12.4. The van der Waals surface area contributed by atoms with E-state index >= 15 is 0 Å². The molecule has 1 amide bonds. The highest BCUT2D eigenvalue weighted by molar-refractivity contribution is 7.89. The molecule has 0 N–H and O–H groups in total. The van der Waals surface area contributed by atoms with E-state index in [9.17, 15) is 21.6 Å². The number of carbonyl (C=O) groups excluding carboxylic acids is 1. The normalized spacial score (nSPS) is 15.8. The Morgan fingerprint density at radius 3 is 1.91 bits per heavy atom. The monoisotopic (exact) mass is 493 g/mol. The summed E-state index contributed by atoms with van der Waals surface area (Å²) in [6.07, 6.45) is 0. The van der Waals surface area contributed by atoms with Crippen LogP contribution in [0.5, 0.6) is 0 Å². The molecule has 0 radical (unpaired) electrons. The summed E-state index contributed by atoms with van der Waals surface area (Å²) in [4.78, 5) is 14.7. The van der Waals surface area contributed by atoms with E-state index < -0.39 is 20.0 Å². The summed E-state index contributed by atoms with van der Waals surface area (Å²) in [6.45, 7) is 7.87. The Kier molecular flexibility index (Phi) is 7.33. The quantitative estimate of drug-likeness (QED) is 0.614. The third kappa shape index (κ3) is 4.98. The maximum Gasteiger partial charge on any atom is 0.243 e. The van der Waals surface area contributed by atoms with Gasteiger partial charge in [0.05, 0.1) is 16.3 Å². The molecule has 0 atom stereocenters. The molecule has 1 saturated heterocycles. The van der Waals surface area contributed by atoms with Crippen molar-refractivity contribution in [3.05, 3.63) is 58.7 Å². The van der Waals surface area contributed by atoms with Gasteiger partial charge in [0.2, 0.25) is 26.0 Å². The van der Waals surface area contributed by atoms with E-state index in [1.54, 1.807) is 18.2 Å². The fraction of sp³-hybridized carbons (Fsp3) is 0.435. The third-order valence-electron chi connectivity index (χ3n) is 6.30. The molecule has 1 fully saturated rings. The van der Waals surface area contributed by atoms with Crippen molar-refractivity contribution in [3.63, 3.8) is 0 Å². The standard InChI is InChI=1S/C23H31N3O5S2/c1-17-15-18(2)20(4)23(19(17)3)33(30,31)26-13-11-25(12-14-26)22(27)16-24(5)32(28,29)21-9-7-6-8-10-21/h6-10,15H,11-14,16H2,1-5H3. The molecule has 0 spiro atoms. The van der Waals surface area contributed by atoms with Gasteiger partial charge in [-0.05, 0) is 62.1 Å². The maximum absolute atomic E-state index is 13.4. The molecule has 2 aromatic carbocycles. The number of nitrogens with zero attached hydrogens (tertiary/aromatic N) is 3. The summed E-state index contributed by atoms with van der Waals surface area (Å²) in [7, 11) is -6.12. The highest BCUT2D eigenvalue weighted by atomic mass is 32.2. The Labute approximate surface area is 196 Å². The third-order valence-corrected chi connectivity index (χ3v) is 10.3. The van der Waals surface area contributed by atoms with Gasteiger partial charge in [-0.3, -0.25) is 4.79 Å². The van der Waals surface area contributed by atoms with E-state index in [1.165, 1.54) is 28.4 Å². The Balaban J connectivity index is 1.69. The Hall–Kier alpha value is -2.27. The lowest BCUT2D eigenvalue weighted by Crippen LogP contribution is -2.52. The minimum Gasteiger partial charge on any atom is -0.339 e. The first kappa shape index (κ1) is 25.4. The van der Waals surface area contributed by atoms with Crippen molar-refractivity contribution < 1.29 is 21.6 Å². The summed E-state index contributed by atoms with van der Waals surface area (Å²) in [6, 6.07) is 9.93. The Bertz CT molecular complexity index is 1220. The number of amides is 1. The lowest BCUT2D eigenvalue weighted by molar-refractivity contribution is -0.132. The Morgan fingerprint density at radius 2 is 1.39 bits per heavy atom. The molecule has 1 aliphatic rings. The second-order valence-electron chi connectivity index (χ2n) is 8.45. The number of rotatable bonds is 6. The zero-order valence-corrected chi connectivity index (χ0v) is 21.3. The van der Waals surface area contributed by atoms with Gasteiger partial charge in [-0.1, -0.05) is 24.3 Å². The molecule has 0 saturated carbocycles. The number of likely N-dealkylation sites (N-methyl/N-ethyl adjacent to an activating group) is 1. The molecule has 0 bridgehead atoms. The molecule has 33 heavy (non-hydrogen) atoms. The van der Waals surface area contributed by atoms with Crippen LogP contribution in [0.15, 0.2) is 46.2 Å². The summed E-state index contributed by atoms with van der Waals surface area (Å²) in [5.41, 5.74) is 3.33. The van der Waals surface area contributed by atoms with Crippen molar-refractivity contribution in [2.24, 2.45) is 0 Å². The fourth-order valence-electron chi connectivity index (χ4n) is 4.02. The van der Waals surface area contributed by atoms with Gasteiger partial charge in [0.1, 0.15) is 0 Å². The zero-order chi connectivity index (χ0) is 24.6. The van der Waals surface area contributed by atoms with Gasteiger partial charge in [-0.15, -0.1) is 0 Å². The predicted octanol–water partition coefficient (Wildman–Crippen LogP) is 2.07. The van der Waals surface area contributed by atoms with Crippen molar-refractivity contribution in [1.29, 1.82) is 0 Å². The van der Waals surface area contributed by atoms with E-state index in [0.29, 0.717) is 4.90 Å². The summed E-state index contributed by atoms with van der Waals surface area (Å²) in [5.74, 6) is -0.354. The minimum absolute atomic E-state index is 0.121. The van der Waals surface area contributed by atoms with E-state index in [0.717, 1.165) is 26.6 Å². The van der Waals surface area contributed by atoms with E-state index in [4.69, 9.17) is 0 Å². The van der Waals surface area contributed by atoms with Crippen molar-refractivity contribution in [2.45, 2.75) is 37.5 Å². The number of piperazine rings is 1. The largest absolute Gasteiger partial charge is 0.339 e. The van der Waals surface area contributed by atoms with E-state index in [2.05, 4.69) is 0 Å². The molecule has 0 aliphatic carbocycles. The summed E-state index contributed by atoms with van der Waals surface area (Å²) < 4.78 is 54.6. The number of hydrogen-bond donors (Lipinski definition) is 0. The van der Waals surface area contributed by atoms with Crippen LogP contribution in [-0.2, 0) is 24.8 Å². The topological polar surface area (TPSA) is 95.1 Å². The fourth-order valence-corrected chi connectivity index (χ4v) is 7.16. The van der Waals surface area contributed by atoms with Crippen LogP contribution in [-0.4, -0.2) is 76.0 Å². The van der Waals surface area contributed by atoms with Crippen LogP contribution in [0.3, 0.4) is 0 Å². The molecule has 10 heteroatoms. The summed E-state index contributed by atoms with van der Waals surface area (Å²) in [5, 5.41) is 0. The van der Waals surface area contributed by atoms with Crippen LogP contribution < -0.4 is 0 Å². The lowest BCUT2D eigenvalue weighted by Gasteiger charge is -2.35. The first-order valence-electron chi connectivity index (χ1n) is 10.7. The Morgan fingerprint density at radius 1 is 0.879 bits per heavy atom. The number of hydrogen-bond acceptors (Lipinski definition) is 5. The summed E-state index contributed by atoms with van der Waals surface area (Å²) >= 11 is 0. The van der Waals surface area contributed by atoms with Crippen LogP contribution in [0.1, 0.15) is 22.3 Å². The lowest BCUT2D eigenvalue weighted by atomic mass is 10.0. The average molecular weight is 494 g/mol. The minimum atomic E-state index is -3.78. The second kappa shape index (κ2) is 9.54. The molecule has 8 nitrogen and oxygen atoms in total. The molecule has 1 heterocycles. The van der Waals surface area contributed by atoms with E-state index in [-0.39, 0.29) is 43.5 Å². The highest BCUT2D eigenvalue weighted by Crippen LogP contribution is 2.29. The molecule has 0 unspecified atom stereocenters. The molecule has 0 aromatic heterocycles. The number of benzene rings is 2. The predicted molar refractivity (Wildman–Crippen MR) is 127 cm³/mol. The number of carbonyl (C=O) groups is 1. The van der Waals surface area contributed by atoms with Crippen molar-refractivity contribution in [1.82, 2.24) is 13.5 Å². The van der Waals surface area contributed by atoms with Gasteiger partial charge < -0.3 is 4.90 Å². The van der Waals surface area contributed by atoms with Crippen molar-refractivity contribution in [2.75, 3.05) is 39.8 Å². The molecule has 180 valence electrons. The number of aryl methyl sites for hydroxylation is 2. The SMILES string of the molecule is Cc1cc(C)c(C)c(S(=O)(=O)N2CCN(C(=O)CN(C)S(=O)(=O)c3ccccc3)CC2)c1C. The molecule has 1 aliphatic heterocycles. The first-order chi connectivity index (χ1) is 15.4. The molecule has 3 rings (SSSR count). The van der Waals surface area contributed by atoms with Crippen LogP contribution in [0.4, 0.5) is 0 Å². The van der Waals surface area contributed by atoms with Gasteiger partial charge >= 0.3 is 0 Å². The van der Waals surface area contributed by atoms with Gasteiger partial charge in [-0.25, -0.2) is 16.8 Å². The van der Waals surface area contributed by atoms with E-state index in [1.807, 2.05) is 33.8 Å². The van der Waals surface area contributed by atoms with Gasteiger partial charge in [0.15, 0.2) is 0 Å². The van der Waals surface area contributed by atoms with Crippen LogP contribution in [0.2, 0.25) is 0 Å². The highest BCUT2D eigenvalue weighted by Gasteiger charge is 2.33. The van der Waals surface area contributed by atoms with Crippen LogP contribution >= 0.6 is 0 Å². The maximum atomic E-state index is 13.4. The molecule has 2 aromatic rings. The van der Waals surface area contributed by atoms with Crippen molar-refractivity contribution >= 4 is 26.0 Å². The molecular weight excluding hydrogens is 462 g/mol. The van der Waals surface area contributed by atoms with Crippen LogP contribution in [0.25, 0.3) is 0 Å². The van der Waals surface area contributed by atoms with Gasteiger partial charge in [0.25, 0.3) is 0 Å². The molecular formula is C23H31N3O5S2. The first-order valence-corrected chi connectivity index (χ1v) is 13.6. The van der Waals surface area contributed by atoms with Crippen molar-refractivity contribution in [3.8, 4) is 0 Å². The zero-order valence-electron chi connectivity index (χ0n) is 19.7. The van der Waals surface area contributed by atoms with Gasteiger partial charge in [-0.2, -0.15) is 8.61 Å². The smallest absolute Gasteiger partial charge is 0.243 e. The number of sulfonamides is 2. The average Bonchev–Trinajstić information content (AvgIpc) is 2.78. The van der Waals surface area contributed by atoms with Crippen LogP contribution in [0, 0.1) is 27.7 Å². The van der Waals surface area contributed by atoms with Gasteiger partial charge in [0, 0.05) is 33.2 Å².